The van der Waals surface area contributed by atoms with Gasteiger partial charge in [0, 0.05) is 0 Å². The highest BCUT2D eigenvalue weighted by atomic mass is 19.4. The maximum atomic E-state index is 13.2. The lowest BCUT2D eigenvalue weighted by Gasteiger charge is -2.10. The van der Waals surface area contributed by atoms with E-state index in [-0.39, 0.29) is 5.56 Å². The summed E-state index contributed by atoms with van der Waals surface area (Å²) in [6.07, 6.45) is -3.65. The number of carbonyl (C=O) groups excluding carboxylic acids is 1. The van der Waals surface area contributed by atoms with Crippen molar-refractivity contribution in [1.29, 1.82) is 0 Å². The monoisotopic (exact) mass is 236 g/mol. The first-order valence-corrected chi connectivity index (χ1v) is 4.60. The van der Waals surface area contributed by atoms with Gasteiger partial charge in [0.25, 0.3) is 0 Å². The summed E-state index contributed by atoms with van der Waals surface area (Å²) in [5, 5.41) is 0. The molecule has 0 N–H and O–H groups in total. The van der Waals surface area contributed by atoms with Crippen molar-refractivity contribution >= 4 is 6.79 Å². The van der Waals surface area contributed by atoms with Gasteiger partial charge >= 0.3 is 6.18 Å². The normalized spacial score (nSPS) is 10.6. The molecule has 0 spiro atoms. The summed E-state index contributed by atoms with van der Waals surface area (Å²) >= 11 is 0. The molecular weight excluding hydrogens is 224 g/mol. The predicted molar refractivity (Wildman–Crippen MR) is 52.5 cm³/mol. The number of benzene rings is 1. The molecule has 0 saturated heterocycles. The van der Waals surface area contributed by atoms with Crippen molar-refractivity contribution in [3.8, 4) is 0 Å². The van der Waals surface area contributed by atoms with E-state index in [2.05, 4.69) is 0 Å². The number of alkyl halides is 3. The minimum absolute atomic E-state index is 0.127. The van der Waals surface area contributed by atoms with Crippen LogP contribution >= 0.6 is 0 Å². The van der Waals surface area contributed by atoms with Crippen LogP contribution in [-0.4, -0.2) is 6.79 Å². The molecule has 0 heterocycles. The van der Waals surface area contributed by atoms with Gasteiger partial charge in [-0.25, -0.2) is 4.39 Å². The summed E-state index contributed by atoms with van der Waals surface area (Å²) in [6.45, 7) is 3.79. The maximum Gasteiger partial charge on any atom is 0.419 e. The Kier molecular flexibility index (Phi) is 5.71. The van der Waals surface area contributed by atoms with Gasteiger partial charge in [-0.1, -0.05) is 25.5 Å². The first-order chi connectivity index (χ1) is 7.46. The van der Waals surface area contributed by atoms with Gasteiger partial charge in [-0.2, -0.15) is 13.2 Å². The van der Waals surface area contributed by atoms with Crippen LogP contribution in [0.4, 0.5) is 17.6 Å². The fourth-order valence-electron chi connectivity index (χ4n) is 1.26. The fraction of sp³-hybridized carbons (Fsp3) is 0.364. The minimum Gasteiger partial charge on any atom is -0.307 e. The second-order valence-electron chi connectivity index (χ2n) is 3.03. The molecule has 0 aromatic heterocycles. The molecule has 0 radical (unpaired) electrons. The van der Waals surface area contributed by atoms with Crippen molar-refractivity contribution in [2.24, 2.45) is 0 Å². The standard InChI is InChI=1S/C10H10F4.CH2O/c1-2-4-7-5-3-6-8(9(7)11)10(12,13)14;1-2/h3,5-6H,2,4H2,1H3;1H2. The predicted octanol–water partition coefficient (Wildman–Crippen LogP) is 3.61. The molecule has 0 amide bonds. The zero-order chi connectivity index (χ0) is 12.8. The van der Waals surface area contributed by atoms with Crippen LogP contribution in [0, 0.1) is 5.82 Å². The summed E-state index contributed by atoms with van der Waals surface area (Å²) in [6, 6.07) is 3.37. The van der Waals surface area contributed by atoms with Crippen LogP contribution in [0.25, 0.3) is 0 Å². The highest BCUT2D eigenvalue weighted by Crippen LogP contribution is 2.32. The van der Waals surface area contributed by atoms with Crippen molar-refractivity contribution in [2.75, 3.05) is 0 Å². The highest BCUT2D eigenvalue weighted by Gasteiger charge is 2.34. The van der Waals surface area contributed by atoms with Crippen LogP contribution < -0.4 is 0 Å². The maximum absolute atomic E-state index is 13.2. The summed E-state index contributed by atoms with van der Waals surface area (Å²) in [5.41, 5.74) is -1.05. The molecule has 0 aliphatic rings. The zero-order valence-electron chi connectivity index (χ0n) is 8.77. The van der Waals surface area contributed by atoms with E-state index in [1.807, 2.05) is 6.79 Å². The zero-order valence-corrected chi connectivity index (χ0v) is 8.77. The molecule has 1 rings (SSSR count). The average Bonchev–Trinajstić information content (AvgIpc) is 2.23. The van der Waals surface area contributed by atoms with E-state index >= 15 is 0 Å². The molecule has 0 aliphatic carbocycles. The number of aryl methyl sites for hydroxylation is 1. The van der Waals surface area contributed by atoms with Crippen molar-refractivity contribution in [3.63, 3.8) is 0 Å². The largest absolute Gasteiger partial charge is 0.419 e. The third kappa shape index (κ3) is 3.64. The Morgan fingerprint density at radius 2 is 1.81 bits per heavy atom. The molecular formula is C11H12F4O. The van der Waals surface area contributed by atoms with Crippen molar-refractivity contribution in [1.82, 2.24) is 0 Å². The Hall–Kier alpha value is -1.39. The quantitative estimate of drug-likeness (QED) is 0.717. The van der Waals surface area contributed by atoms with Crippen molar-refractivity contribution < 1.29 is 22.4 Å². The molecule has 1 nitrogen and oxygen atoms in total. The molecule has 90 valence electrons. The Morgan fingerprint density at radius 3 is 2.25 bits per heavy atom. The second kappa shape index (κ2) is 6.25. The second-order valence-corrected chi connectivity index (χ2v) is 3.03. The molecule has 0 saturated carbocycles. The number of hydrogen-bond donors (Lipinski definition) is 0. The summed E-state index contributed by atoms with van der Waals surface area (Å²) in [7, 11) is 0. The highest BCUT2D eigenvalue weighted by molar-refractivity contribution is 5.28. The molecule has 0 fully saturated rings. The Labute approximate surface area is 91.1 Å². The number of halogens is 4. The summed E-state index contributed by atoms with van der Waals surface area (Å²) in [5.74, 6) is -1.14. The van der Waals surface area contributed by atoms with Crippen LogP contribution in [-0.2, 0) is 17.4 Å². The first-order valence-electron chi connectivity index (χ1n) is 4.60. The molecule has 0 bridgehead atoms. The summed E-state index contributed by atoms with van der Waals surface area (Å²) < 4.78 is 49.9. The lowest BCUT2D eigenvalue weighted by molar-refractivity contribution is -0.140. The molecule has 16 heavy (non-hydrogen) atoms. The molecule has 5 heteroatoms. The smallest absolute Gasteiger partial charge is 0.307 e. The van der Waals surface area contributed by atoms with E-state index < -0.39 is 17.6 Å². The van der Waals surface area contributed by atoms with Crippen LogP contribution in [0.5, 0.6) is 0 Å². The third-order valence-corrected chi connectivity index (χ3v) is 1.90. The van der Waals surface area contributed by atoms with E-state index in [9.17, 15) is 17.6 Å². The van der Waals surface area contributed by atoms with Crippen LogP contribution in [0.3, 0.4) is 0 Å². The van der Waals surface area contributed by atoms with E-state index in [1.165, 1.54) is 12.1 Å². The van der Waals surface area contributed by atoms with Crippen LogP contribution in [0.15, 0.2) is 18.2 Å². The topological polar surface area (TPSA) is 17.1 Å². The Balaban J connectivity index is 0.00000106. The van der Waals surface area contributed by atoms with Gasteiger partial charge < -0.3 is 4.79 Å². The van der Waals surface area contributed by atoms with E-state index in [1.54, 1.807) is 6.92 Å². The first kappa shape index (κ1) is 14.6. The van der Waals surface area contributed by atoms with E-state index in [4.69, 9.17) is 4.79 Å². The average molecular weight is 236 g/mol. The van der Waals surface area contributed by atoms with Gasteiger partial charge in [0.2, 0.25) is 0 Å². The number of hydrogen-bond acceptors (Lipinski definition) is 1. The molecule has 0 atom stereocenters. The molecule has 1 aromatic rings. The number of carbonyl (C=O) groups is 1. The summed E-state index contributed by atoms with van der Waals surface area (Å²) in [4.78, 5) is 8.00. The van der Waals surface area contributed by atoms with E-state index in [0.29, 0.717) is 12.8 Å². The molecule has 0 aliphatic heterocycles. The van der Waals surface area contributed by atoms with Gasteiger partial charge in [0.1, 0.15) is 12.6 Å². The Morgan fingerprint density at radius 1 is 1.25 bits per heavy atom. The van der Waals surface area contributed by atoms with Crippen molar-refractivity contribution in [2.45, 2.75) is 25.9 Å². The van der Waals surface area contributed by atoms with Gasteiger partial charge in [-0.05, 0) is 18.1 Å². The van der Waals surface area contributed by atoms with Gasteiger partial charge in [-0.15, -0.1) is 0 Å². The minimum atomic E-state index is -4.60. The molecule has 1 aromatic carbocycles. The lowest BCUT2D eigenvalue weighted by atomic mass is 10.1. The fourth-order valence-corrected chi connectivity index (χ4v) is 1.26. The lowest BCUT2D eigenvalue weighted by Crippen LogP contribution is -2.09. The Bertz CT molecular complexity index is 333. The van der Waals surface area contributed by atoms with Gasteiger partial charge in [0.15, 0.2) is 0 Å². The number of rotatable bonds is 2. The SMILES string of the molecule is C=O.CCCc1cccc(C(F)(F)F)c1F. The molecule has 0 unspecified atom stereocenters. The van der Waals surface area contributed by atoms with Crippen LogP contribution in [0.1, 0.15) is 24.5 Å². The van der Waals surface area contributed by atoms with Crippen molar-refractivity contribution in [3.05, 3.63) is 35.1 Å². The van der Waals surface area contributed by atoms with Crippen LogP contribution in [0.2, 0.25) is 0 Å². The van der Waals surface area contributed by atoms with Gasteiger partial charge in [0.05, 0.1) is 5.56 Å². The third-order valence-electron chi connectivity index (χ3n) is 1.90. The van der Waals surface area contributed by atoms with E-state index in [0.717, 1.165) is 6.07 Å². The van der Waals surface area contributed by atoms with Gasteiger partial charge in [-0.3, -0.25) is 0 Å².